The van der Waals surface area contributed by atoms with E-state index in [4.69, 9.17) is 9.72 Å². The molecular formula is C31H32N8O4S. The summed E-state index contributed by atoms with van der Waals surface area (Å²) >= 11 is 0. The van der Waals surface area contributed by atoms with Gasteiger partial charge in [0.05, 0.1) is 35.6 Å². The highest BCUT2D eigenvalue weighted by molar-refractivity contribution is 7.92. The van der Waals surface area contributed by atoms with Crippen molar-refractivity contribution in [2.75, 3.05) is 17.9 Å². The molecule has 0 spiro atoms. The Morgan fingerprint density at radius 1 is 1.00 bits per heavy atom. The number of nitrogens with one attached hydrogen (secondary N) is 1. The van der Waals surface area contributed by atoms with Crippen LogP contribution in [-0.4, -0.2) is 61.9 Å². The maximum atomic E-state index is 13.8. The monoisotopic (exact) mass is 612 g/mol. The molecular weight excluding hydrogens is 580 g/mol. The van der Waals surface area contributed by atoms with Gasteiger partial charge in [0.1, 0.15) is 12.4 Å². The van der Waals surface area contributed by atoms with Crippen LogP contribution >= 0.6 is 0 Å². The third-order valence-electron chi connectivity index (χ3n) is 7.49. The summed E-state index contributed by atoms with van der Waals surface area (Å²) in [5, 5.41) is 0. The van der Waals surface area contributed by atoms with Crippen LogP contribution in [0.4, 0.5) is 5.95 Å². The fourth-order valence-electron chi connectivity index (χ4n) is 5.35. The van der Waals surface area contributed by atoms with Gasteiger partial charge >= 0.3 is 0 Å². The Bertz CT molecular complexity index is 2000. The van der Waals surface area contributed by atoms with Gasteiger partial charge in [-0.1, -0.05) is 38.1 Å². The van der Waals surface area contributed by atoms with Crippen molar-refractivity contribution in [3.8, 4) is 17.1 Å². The molecule has 4 heterocycles. The summed E-state index contributed by atoms with van der Waals surface area (Å²) in [5.41, 5.74) is 5.22. The standard InChI is InChI=1S/C31H32N8O4S/c1-18(2)28-36-27-29(38(28)5)33-22(16-32-27)17-39-12-13-43-25-15-24(26-19(3)8-6-9-20(26)4)34-31(35-25)37-44(41,42)23-11-7-10-21(14-23)30(39)40/h6-11,14-16,18H,12-13,17H2,1-5H3,(H,34,35,37). The van der Waals surface area contributed by atoms with Gasteiger partial charge in [-0.15, -0.1) is 0 Å². The largest absolute Gasteiger partial charge is 0.476 e. The predicted molar refractivity (Wildman–Crippen MR) is 165 cm³/mol. The number of aromatic nitrogens is 6. The van der Waals surface area contributed by atoms with Crippen LogP contribution in [0.3, 0.4) is 0 Å². The highest BCUT2D eigenvalue weighted by Crippen LogP contribution is 2.30. The number of sulfonamides is 1. The Hall–Kier alpha value is -4.91. The lowest BCUT2D eigenvalue weighted by Crippen LogP contribution is -2.34. The van der Waals surface area contributed by atoms with E-state index in [1.807, 2.05) is 43.7 Å². The van der Waals surface area contributed by atoms with Crippen LogP contribution in [0.1, 0.15) is 52.8 Å². The molecule has 0 atom stereocenters. The highest BCUT2D eigenvalue weighted by atomic mass is 32.2. The molecule has 1 N–H and O–H groups in total. The summed E-state index contributed by atoms with van der Waals surface area (Å²) in [4.78, 5) is 38.0. The number of rotatable bonds is 4. The molecule has 1 aliphatic rings. The maximum Gasteiger partial charge on any atom is 0.264 e. The van der Waals surface area contributed by atoms with E-state index >= 15 is 0 Å². The molecule has 1 aliphatic heterocycles. The van der Waals surface area contributed by atoms with Crippen LogP contribution in [0, 0.1) is 13.8 Å². The summed E-state index contributed by atoms with van der Waals surface area (Å²) in [6, 6.07) is 13.4. The van der Waals surface area contributed by atoms with Crippen molar-refractivity contribution in [1.29, 1.82) is 0 Å². The number of nitrogens with zero attached hydrogens (tertiary/aromatic N) is 7. The lowest BCUT2D eigenvalue weighted by molar-refractivity contribution is 0.0712. The normalized spacial score (nSPS) is 14.9. The van der Waals surface area contributed by atoms with Crippen LogP contribution in [0.5, 0.6) is 5.88 Å². The first-order chi connectivity index (χ1) is 21.0. The zero-order chi connectivity index (χ0) is 31.2. The van der Waals surface area contributed by atoms with Crippen LogP contribution in [0.15, 0.2) is 59.6 Å². The first kappa shape index (κ1) is 29.2. The number of aryl methyl sites for hydroxylation is 3. The molecule has 0 saturated heterocycles. The fourth-order valence-corrected chi connectivity index (χ4v) is 6.34. The molecule has 0 aliphatic carbocycles. The Morgan fingerprint density at radius 3 is 2.50 bits per heavy atom. The lowest BCUT2D eigenvalue weighted by atomic mass is 10.00. The number of anilines is 1. The van der Waals surface area contributed by atoms with E-state index in [2.05, 4.69) is 38.5 Å². The minimum absolute atomic E-state index is 0.0830. The van der Waals surface area contributed by atoms with E-state index in [9.17, 15) is 13.2 Å². The number of hydrogen-bond donors (Lipinski definition) is 1. The average molecular weight is 613 g/mol. The molecule has 0 radical (unpaired) electrons. The molecule has 2 aromatic carbocycles. The zero-order valence-electron chi connectivity index (χ0n) is 25.1. The van der Waals surface area contributed by atoms with E-state index in [1.165, 1.54) is 18.2 Å². The Balaban J connectivity index is 1.40. The molecule has 226 valence electrons. The molecule has 3 aromatic heterocycles. The van der Waals surface area contributed by atoms with Gasteiger partial charge in [0.15, 0.2) is 11.3 Å². The molecule has 5 aromatic rings. The number of benzene rings is 2. The SMILES string of the molecule is Cc1cccc(C)c1-c1cc2nc(n1)NS(=O)(=O)c1cccc(c1)C(=O)N(Cc1cnc3nc(C(C)C)n(C)c3n1)CCO2. The zero-order valence-corrected chi connectivity index (χ0v) is 25.9. The van der Waals surface area contributed by atoms with Gasteiger partial charge in [0.25, 0.3) is 15.9 Å². The van der Waals surface area contributed by atoms with Gasteiger partial charge in [0, 0.05) is 30.2 Å². The average Bonchev–Trinajstić information content (AvgIpc) is 3.31. The van der Waals surface area contributed by atoms with E-state index < -0.39 is 10.0 Å². The van der Waals surface area contributed by atoms with Crippen LogP contribution in [-0.2, 0) is 23.6 Å². The van der Waals surface area contributed by atoms with E-state index in [0.717, 1.165) is 22.5 Å². The van der Waals surface area contributed by atoms with Gasteiger partial charge in [0.2, 0.25) is 11.8 Å². The molecule has 1 amide bonds. The van der Waals surface area contributed by atoms with Gasteiger partial charge < -0.3 is 14.2 Å². The Labute approximate surface area is 255 Å². The summed E-state index contributed by atoms with van der Waals surface area (Å²) in [7, 11) is -2.25. The first-order valence-corrected chi connectivity index (χ1v) is 15.7. The minimum Gasteiger partial charge on any atom is -0.476 e. The van der Waals surface area contributed by atoms with Crippen molar-refractivity contribution in [3.05, 3.63) is 82.9 Å². The lowest BCUT2D eigenvalue weighted by Gasteiger charge is -2.22. The summed E-state index contributed by atoms with van der Waals surface area (Å²) in [6.45, 7) is 8.39. The number of carbonyl (C=O) groups excluding carboxylic acids is 1. The van der Waals surface area contributed by atoms with Crippen molar-refractivity contribution in [3.63, 3.8) is 0 Å². The topological polar surface area (TPSA) is 145 Å². The van der Waals surface area contributed by atoms with E-state index in [1.54, 1.807) is 23.2 Å². The molecule has 13 heteroatoms. The van der Waals surface area contributed by atoms with Crippen molar-refractivity contribution in [2.45, 2.75) is 45.1 Å². The van der Waals surface area contributed by atoms with Crippen molar-refractivity contribution < 1.29 is 17.9 Å². The second-order valence-corrected chi connectivity index (χ2v) is 12.8. The second kappa shape index (κ2) is 11.3. The number of carbonyl (C=O) groups is 1. The quantitative estimate of drug-likeness (QED) is 0.312. The van der Waals surface area contributed by atoms with Gasteiger partial charge in [-0.05, 0) is 43.2 Å². The number of ether oxygens (including phenoxy) is 1. The van der Waals surface area contributed by atoms with Crippen molar-refractivity contribution in [2.24, 2.45) is 7.05 Å². The molecule has 0 fully saturated rings. The number of fused-ring (bicyclic) bond motifs is 5. The smallest absolute Gasteiger partial charge is 0.264 e. The molecule has 0 saturated carbocycles. The fraction of sp³-hybridized carbons (Fsp3) is 0.290. The first-order valence-electron chi connectivity index (χ1n) is 14.2. The van der Waals surface area contributed by atoms with Crippen LogP contribution in [0.25, 0.3) is 22.6 Å². The van der Waals surface area contributed by atoms with Crippen LogP contribution < -0.4 is 9.46 Å². The van der Waals surface area contributed by atoms with Crippen LogP contribution in [0.2, 0.25) is 0 Å². The Morgan fingerprint density at radius 2 is 1.75 bits per heavy atom. The van der Waals surface area contributed by atoms with Gasteiger partial charge in [-0.25, -0.2) is 33.1 Å². The van der Waals surface area contributed by atoms with Gasteiger partial charge in [-0.3, -0.25) is 4.79 Å². The Kier molecular flexibility index (Phi) is 7.49. The molecule has 12 nitrogen and oxygen atoms in total. The summed E-state index contributed by atoms with van der Waals surface area (Å²) in [6.07, 6.45) is 1.60. The third kappa shape index (κ3) is 5.57. The molecule has 6 rings (SSSR count). The summed E-state index contributed by atoms with van der Waals surface area (Å²) in [5.74, 6) is 0.709. The predicted octanol–water partition coefficient (Wildman–Crippen LogP) is 4.40. The van der Waals surface area contributed by atoms with Gasteiger partial charge in [-0.2, -0.15) is 4.98 Å². The molecule has 4 bridgehead atoms. The molecule has 44 heavy (non-hydrogen) atoms. The number of hydrogen-bond acceptors (Lipinski definition) is 9. The number of amides is 1. The summed E-state index contributed by atoms with van der Waals surface area (Å²) < 4.78 is 37.3. The number of imidazole rings is 1. The van der Waals surface area contributed by atoms with E-state index in [0.29, 0.717) is 22.7 Å². The van der Waals surface area contributed by atoms with E-state index in [-0.39, 0.29) is 53.8 Å². The maximum absolute atomic E-state index is 13.8. The molecule has 0 unspecified atom stereocenters. The van der Waals surface area contributed by atoms with Crippen molar-refractivity contribution in [1.82, 2.24) is 34.4 Å². The highest BCUT2D eigenvalue weighted by Gasteiger charge is 2.24. The third-order valence-corrected chi connectivity index (χ3v) is 8.82. The second-order valence-electron chi connectivity index (χ2n) is 11.1. The van der Waals surface area contributed by atoms with Crippen molar-refractivity contribution >= 4 is 33.2 Å². The minimum atomic E-state index is -4.14.